The lowest BCUT2D eigenvalue weighted by molar-refractivity contribution is -0.131. The highest BCUT2D eigenvalue weighted by atomic mass is 35.5. The zero-order chi connectivity index (χ0) is 27.8. The van der Waals surface area contributed by atoms with Gasteiger partial charge in [0.1, 0.15) is 5.75 Å². The highest BCUT2D eigenvalue weighted by Gasteiger charge is 2.36. The Bertz CT molecular complexity index is 1720. The topological polar surface area (TPSA) is 62.2 Å². The number of fused-ring (bicyclic) bond motifs is 1. The van der Waals surface area contributed by atoms with E-state index in [0.29, 0.717) is 32.1 Å². The first-order chi connectivity index (χ1) is 19.4. The Morgan fingerprint density at radius 2 is 1.75 bits per heavy atom. The fourth-order valence-electron chi connectivity index (χ4n) is 4.78. The number of hydrazone groups is 1. The van der Waals surface area contributed by atoms with Crippen molar-refractivity contribution in [1.82, 2.24) is 5.01 Å². The molecule has 0 bridgehead atoms. The van der Waals surface area contributed by atoms with Crippen LogP contribution in [0.3, 0.4) is 0 Å². The summed E-state index contributed by atoms with van der Waals surface area (Å²) in [6.07, 6.45) is 2.44. The number of nitrogens with zero attached hydrogens (tertiary/aromatic N) is 3. The first-order valence-electron chi connectivity index (χ1n) is 12.5. The van der Waals surface area contributed by atoms with Crippen molar-refractivity contribution in [3.8, 4) is 5.75 Å². The minimum Gasteiger partial charge on any atom is -0.427 e. The molecule has 4 aromatic carbocycles. The zero-order valence-corrected chi connectivity index (χ0v) is 23.7. The van der Waals surface area contributed by atoms with Crippen LogP contribution < -0.4 is 9.64 Å². The van der Waals surface area contributed by atoms with Crippen molar-refractivity contribution in [3.63, 3.8) is 0 Å². The van der Waals surface area contributed by atoms with Gasteiger partial charge >= 0.3 is 5.97 Å². The molecule has 2 aliphatic heterocycles. The molecule has 0 spiro atoms. The average Bonchev–Trinajstić information content (AvgIpc) is 3.49. The lowest BCUT2D eigenvalue weighted by Gasteiger charge is -2.21. The van der Waals surface area contributed by atoms with Crippen molar-refractivity contribution in [3.05, 3.63) is 118 Å². The Hall–Kier alpha value is -3.98. The summed E-state index contributed by atoms with van der Waals surface area (Å²) >= 11 is 13.0. The number of carbonyl (C=O) groups is 2. The molecule has 0 radical (unpaired) electrons. The van der Waals surface area contributed by atoms with Crippen molar-refractivity contribution < 1.29 is 14.3 Å². The number of anilines is 1. The minimum absolute atomic E-state index is 0.120. The van der Waals surface area contributed by atoms with Gasteiger partial charge in [0, 0.05) is 24.6 Å². The van der Waals surface area contributed by atoms with Crippen LogP contribution in [-0.2, 0) is 9.59 Å². The number of hydrogen-bond donors (Lipinski definition) is 0. The maximum absolute atomic E-state index is 13.5. The van der Waals surface area contributed by atoms with Gasteiger partial charge in [0.2, 0.25) is 0 Å². The van der Waals surface area contributed by atoms with Crippen molar-refractivity contribution in [2.45, 2.75) is 19.4 Å². The van der Waals surface area contributed by atoms with E-state index in [4.69, 9.17) is 33.7 Å². The summed E-state index contributed by atoms with van der Waals surface area (Å²) in [7, 11) is 0. The number of ether oxygens (including phenoxy) is 1. The summed E-state index contributed by atoms with van der Waals surface area (Å²) < 4.78 is 5.52. The van der Waals surface area contributed by atoms with Gasteiger partial charge in [-0.3, -0.25) is 19.5 Å². The predicted octanol–water partition coefficient (Wildman–Crippen LogP) is 7.48. The van der Waals surface area contributed by atoms with E-state index in [1.165, 1.54) is 29.0 Å². The average molecular weight is 584 g/mol. The molecule has 1 atom stereocenters. The van der Waals surface area contributed by atoms with Crippen molar-refractivity contribution >= 4 is 73.9 Å². The Balaban J connectivity index is 1.33. The number of esters is 1. The largest absolute Gasteiger partial charge is 0.427 e. The molecule has 0 N–H and O–H groups in total. The monoisotopic (exact) mass is 583 g/mol. The first kappa shape index (κ1) is 26.3. The molecule has 40 heavy (non-hydrogen) atoms. The van der Waals surface area contributed by atoms with Gasteiger partial charge in [-0.25, -0.2) is 0 Å². The molecule has 1 unspecified atom stereocenters. The molecule has 0 saturated carbocycles. The number of amides is 1. The Morgan fingerprint density at radius 3 is 2.48 bits per heavy atom. The number of hydrogen-bond acceptors (Lipinski definition) is 7. The predicted molar refractivity (Wildman–Crippen MR) is 165 cm³/mol. The van der Waals surface area contributed by atoms with Crippen molar-refractivity contribution in [1.29, 1.82) is 0 Å². The molecule has 0 aromatic heterocycles. The lowest BCUT2D eigenvalue weighted by atomic mass is 9.97. The summed E-state index contributed by atoms with van der Waals surface area (Å²) in [6, 6.07) is 28.8. The number of thioether (sulfide) groups is 1. The SMILES string of the molecule is CC(=O)Oc1ccc(N2C(=O)/C(=C/N3N=C(c4ccc5ccccc5c4)CC3c3ccc(Cl)cc3)SC2=S)cc1. The van der Waals surface area contributed by atoms with Gasteiger partial charge in [-0.1, -0.05) is 84.1 Å². The highest BCUT2D eigenvalue weighted by Crippen LogP contribution is 2.39. The molecule has 9 heteroatoms. The number of thiocarbonyl (C=S) groups is 1. The van der Waals surface area contributed by atoms with Crippen LogP contribution in [0, 0.1) is 0 Å². The van der Waals surface area contributed by atoms with E-state index in [2.05, 4.69) is 30.3 Å². The fraction of sp³-hybridized carbons (Fsp3) is 0.0968. The molecule has 6 rings (SSSR count). The second-order valence-electron chi connectivity index (χ2n) is 9.35. The van der Waals surface area contributed by atoms with Crippen LogP contribution in [0.25, 0.3) is 10.8 Å². The van der Waals surface area contributed by atoms with Crippen LogP contribution in [0.15, 0.2) is 107 Å². The molecular weight excluding hydrogens is 562 g/mol. The summed E-state index contributed by atoms with van der Waals surface area (Å²) in [5.41, 5.74) is 3.60. The lowest BCUT2D eigenvalue weighted by Crippen LogP contribution is -2.27. The quantitative estimate of drug-likeness (QED) is 0.105. The van der Waals surface area contributed by atoms with Crippen LogP contribution in [0.4, 0.5) is 5.69 Å². The zero-order valence-electron chi connectivity index (χ0n) is 21.3. The van der Waals surface area contributed by atoms with Gasteiger partial charge in [0.15, 0.2) is 4.32 Å². The Kier molecular flexibility index (Phi) is 7.14. The summed E-state index contributed by atoms with van der Waals surface area (Å²) in [4.78, 5) is 26.7. The number of benzene rings is 4. The normalized spacial score (nSPS) is 18.1. The smallest absolute Gasteiger partial charge is 0.308 e. The number of carbonyl (C=O) groups excluding carboxylic acids is 2. The van der Waals surface area contributed by atoms with Crippen LogP contribution >= 0.6 is 35.6 Å². The van der Waals surface area contributed by atoms with E-state index in [-0.39, 0.29) is 11.9 Å². The third kappa shape index (κ3) is 5.25. The van der Waals surface area contributed by atoms with Gasteiger partial charge < -0.3 is 4.74 Å². The van der Waals surface area contributed by atoms with E-state index in [9.17, 15) is 9.59 Å². The summed E-state index contributed by atoms with van der Waals surface area (Å²) in [5.74, 6) is -0.249. The fourth-order valence-corrected chi connectivity index (χ4v) is 6.17. The summed E-state index contributed by atoms with van der Waals surface area (Å²) in [6.45, 7) is 1.34. The highest BCUT2D eigenvalue weighted by molar-refractivity contribution is 8.27. The van der Waals surface area contributed by atoms with Gasteiger partial charge in [0.25, 0.3) is 5.91 Å². The maximum atomic E-state index is 13.5. The van der Waals surface area contributed by atoms with E-state index in [0.717, 1.165) is 22.2 Å². The second kappa shape index (κ2) is 10.9. The van der Waals surface area contributed by atoms with Crippen molar-refractivity contribution in [2.24, 2.45) is 5.10 Å². The molecule has 198 valence electrons. The first-order valence-corrected chi connectivity index (χ1v) is 14.1. The van der Waals surface area contributed by atoms with E-state index in [1.807, 2.05) is 41.4 Å². The molecule has 2 heterocycles. The van der Waals surface area contributed by atoms with Crippen LogP contribution in [-0.4, -0.2) is 26.9 Å². The molecule has 1 saturated heterocycles. The van der Waals surface area contributed by atoms with Crippen molar-refractivity contribution in [2.75, 3.05) is 4.90 Å². The third-order valence-electron chi connectivity index (χ3n) is 6.68. The Labute approximate surface area is 245 Å². The number of halogens is 1. The minimum atomic E-state index is -0.411. The van der Waals surface area contributed by atoms with Crippen LogP contribution in [0.1, 0.15) is 30.5 Å². The molecular formula is C31H22ClN3O3S2. The molecule has 1 fully saturated rings. The van der Waals surface area contributed by atoms with Crippen LogP contribution in [0.2, 0.25) is 5.02 Å². The molecule has 1 amide bonds. The maximum Gasteiger partial charge on any atom is 0.308 e. The third-order valence-corrected chi connectivity index (χ3v) is 8.22. The van der Waals surface area contributed by atoms with Gasteiger partial charge in [-0.2, -0.15) is 5.10 Å². The Morgan fingerprint density at radius 1 is 1.02 bits per heavy atom. The second-order valence-corrected chi connectivity index (χ2v) is 11.5. The molecule has 4 aromatic rings. The van der Waals surface area contributed by atoms with Gasteiger partial charge in [-0.15, -0.1) is 0 Å². The van der Waals surface area contributed by atoms with E-state index in [1.54, 1.807) is 30.5 Å². The van der Waals surface area contributed by atoms with E-state index < -0.39 is 5.97 Å². The number of rotatable bonds is 5. The molecule has 2 aliphatic rings. The van der Waals surface area contributed by atoms with Crippen LogP contribution in [0.5, 0.6) is 5.75 Å². The van der Waals surface area contributed by atoms with Gasteiger partial charge in [-0.05, 0) is 64.4 Å². The van der Waals surface area contributed by atoms with Gasteiger partial charge in [0.05, 0.1) is 22.3 Å². The molecule has 6 nitrogen and oxygen atoms in total. The van der Waals surface area contributed by atoms with E-state index >= 15 is 0 Å². The summed E-state index contributed by atoms with van der Waals surface area (Å²) in [5, 5.41) is 9.79. The molecule has 0 aliphatic carbocycles. The standard InChI is InChI=1S/C31H22ClN3O3S2/c1-19(36)38-26-14-12-25(13-15-26)35-30(37)29(40-31(35)39)18-34-28(21-8-10-24(32)11-9-21)17-27(33-34)23-7-6-20-4-2-3-5-22(20)16-23/h2-16,18,28H,17H2,1H3/b29-18-.